The predicted molar refractivity (Wildman–Crippen MR) is 113 cm³/mol. The van der Waals surface area contributed by atoms with E-state index in [0.717, 1.165) is 61.2 Å². The van der Waals surface area contributed by atoms with Gasteiger partial charge in [-0.25, -0.2) is 4.79 Å². The van der Waals surface area contributed by atoms with Gasteiger partial charge in [0.05, 0.1) is 26.2 Å². The van der Waals surface area contributed by atoms with Crippen molar-refractivity contribution in [1.82, 2.24) is 0 Å². The Labute approximate surface area is 173 Å². The van der Waals surface area contributed by atoms with Crippen LogP contribution in [0.3, 0.4) is 0 Å². The van der Waals surface area contributed by atoms with Crippen molar-refractivity contribution in [3.8, 4) is 0 Å². The highest BCUT2D eigenvalue weighted by molar-refractivity contribution is 5.87. The Hall–Kier alpha value is -2.37. The number of carbonyl (C=O) groups excluding carboxylic acids is 1. The van der Waals surface area contributed by atoms with E-state index < -0.39 is 0 Å². The van der Waals surface area contributed by atoms with Crippen molar-refractivity contribution in [2.24, 2.45) is 5.92 Å². The first-order valence-corrected chi connectivity index (χ1v) is 10.7. The molecule has 154 valence electrons. The molecule has 3 aliphatic heterocycles. The first-order valence-electron chi connectivity index (χ1n) is 10.7. The largest absolute Gasteiger partial charge is 0.440 e. The minimum atomic E-state index is -0.265. The normalized spacial score (nSPS) is 25.6. The van der Waals surface area contributed by atoms with Gasteiger partial charge in [-0.1, -0.05) is 48.5 Å². The number of quaternary nitrogens is 1. The smallest absolute Gasteiger partial charge is 0.415 e. The molecule has 0 saturated carbocycles. The number of hydrogen-bond acceptors (Lipinski definition) is 3. The van der Waals surface area contributed by atoms with Crippen LogP contribution in [-0.4, -0.2) is 54.6 Å². The number of anilines is 1. The SMILES string of the molecule is O=C(O[C@H]1C[N+]2(CCCO)CCC1CC2)N(Cc1ccccc1)c1ccccc1. The molecule has 1 amide bonds. The lowest BCUT2D eigenvalue weighted by Gasteiger charge is -2.52. The van der Waals surface area contributed by atoms with Crippen molar-refractivity contribution in [1.29, 1.82) is 0 Å². The molecule has 3 aliphatic rings. The van der Waals surface area contributed by atoms with Crippen LogP contribution in [0.1, 0.15) is 24.8 Å². The summed E-state index contributed by atoms with van der Waals surface area (Å²) in [6.45, 7) is 4.86. The monoisotopic (exact) mass is 395 g/mol. The van der Waals surface area contributed by atoms with Gasteiger partial charge in [0, 0.05) is 37.5 Å². The lowest BCUT2D eigenvalue weighted by Crippen LogP contribution is -2.65. The van der Waals surface area contributed by atoms with Crippen LogP contribution in [0.25, 0.3) is 0 Å². The number of hydrogen-bond donors (Lipinski definition) is 1. The highest BCUT2D eigenvalue weighted by Gasteiger charge is 2.47. The molecule has 2 bridgehead atoms. The molecule has 0 radical (unpaired) electrons. The molecule has 2 aromatic rings. The van der Waals surface area contributed by atoms with E-state index in [1.807, 2.05) is 60.7 Å². The topological polar surface area (TPSA) is 49.8 Å². The van der Waals surface area contributed by atoms with Crippen LogP contribution < -0.4 is 4.90 Å². The summed E-state index contributed by atoms with van der Waals surface area (Å²) in [5.41, 5.74) is 1.93. The maximum absolute atomic E-state index is 13.3. The van der Waals surface area contributed by atoms with Gasteiger partial charge in [-0.15, -0.1) is 0 Å². The Morgan fingerprint density at radius 1 is 1.03 bits per heavy atom. The maximum atomic E-state index is 13.3. The van der Waals surface area contributed by atoms with Gasteiger partial charge < -0.3 is 14.3 Å². The number of fused-ring (bicyclic) bond motifs is 3. The van der Waals surface area contributed by atoms with Crippen molar-refractivity contribution >= 4 is 11.8 Å². The zero-order chi connectivity index (χ0) is 20.1. The molecule has 5 rings (SSSR count). The summed E-state index contributed by atoms with van der Waals surface area (Å²) < 4.78 is 7.11. The number of rotatable bonds is 7. The lowest BCUT2D eigenvalue weighted by atomic mass is 9.83. The molecule has 1 atom stereocenters. The molecule has 29 heavy (non-hydrogen) atoms. The third-order valence-electron chi connectivity index (χ3n) is 6.56. The fraction of sp³-hybridized carbons (Fsp3) is 0.458. The summed E-state index contributed by atoms with van der Waals surface area (Å²) in [6.07, 6.45) is 2.72. The standard InChI is InChI=1S/C24H31N2O3/c27-17-7-14-26-15-12-21(13-16-26)23(19-26)29-24(28)25(22-10-5-2-6-11-22)18-20-8-3-1-4-9-20/h1-6,8-11,21,23,27H,7,12-19H2/q+1/t21?,23-,26?/m0/s1. The number of carbonyl (C=O) groups is 1. The average Bonchev–Trinajstić information content (AvgIpc) is 2.78. The number of para-hydroxylation sites is 1. The Morgan fingerprint density at radius 2 is 1.69 bits per heavy atom. The number of aliphatic hydroxyl groups excluding tert-OH is 1. The number of nitrogens with zero attached hydrogens (tertiary/aromatic N) is 2. The van der Waals surface area contributed by atoms with Crippen molar-refractivity contribution < 1.29 is 19.1 Å². The minimum Gasteiger partial charge on any atom is -0.440 e. The summed E-state index contributed by atoms with van der Waals surface area (Å²) >= 11 is 0. The van der Waals surface area contributed by atoms with Gasteiger partial charge in [-0.3, -0.25) is 4.90 Å². The number of benzene rings is 2. The third-order valence-corrected chi connectivity index (χ3v) is 6.56. The van der Waals surface area contributed by atoms with Crippen molar-refractivity contribution in [2.45, 2.75) is 31.9 Å². The summed E-state index contributed by atoms with van der Waals surface area (Å²) in [6, 6.07) is 19.8. The molecule has 0 aliphatic carbocycles. The van der Waals surface area contributed by atoms with Crippen LogP contribution in [-0.2, 0) is 11.3 Å². The molecule has 1 N–H and O–H groups in total. The van der Waals surface area contributed by atoms with Gasteiger partial charge in [0.2, 0.25) is 0 Å². The second kappa shape index (κ2) is 8.97. The van der Waals surface area contributed by atoms with Crippen LogP contribution in [0.5, 0.6) is 0 Å². The zero-order valence-electron chi connectivity index (χ0n) is 17.0. The van der Waals surface area contributed by atoms with Gasteiger partial charge in [0.25, 0.3) is 0 Å². The fourth-order valence-electron chi connectivity index (χ4n) is 4.90. The minimum absolute atomic E-state index is 0.0364. The molecule has 0 spiro atoms. The molecular weight excluding hydrogens is 364 g/mol. The van der Waals surface area contributed by atoms with Crippen LogP contribution in [0.4, 0.5) is 10.5 Å². The number of ether oxygens (including phenoxy) is 1. The van der Waals surface area contributed by atoms with E-state index in [-0.39, 0.29) is 18.8 Å². The highest BCUT2D eigenvalue weighted by atomic mass is 16.6. The van der Waals surface area contributed by atoms with Crippen LogP contribution >= 0.6 is 0 Å². The fourth-order valence-corrected chi connectivity index (χ4v) is 4.90. The molecule has 3 heterocycles. The van der Waals surface area contributed by atoms with Crippen molar-refractivity contribution in [3.05, 3.63) is 66.2 Å². The Kier molecular flexibility index (Phi) is 6.16. The van der Waals surface area contributed by atoms with E-state index in [4.69, 9.17) is 4.74 Å². The second-order valence-corrected chi connectivity index (χ2v) is 8.44. The second-order valence-electron chi connectivity index (χ2n) is 8.44. The summed E-state index contributed by atoms with van der Waals surface area (Å²) in [7, 11) is 0. The lowest BCUT2D eigenvalue weighted by molar-refractivity contribution is -0.946. The molecule has 3 fully saturated rings. The summed E-state index contributed by atoms with van der Waals surface area (Å²) in [5, 5.41) is 9.27. The molecule has 0 aromatic heterocycles. The third kappa shape index (κ3) is 4.62. The summed E-state index contributed by atoms with van der Waals surface area (Å²) in [4.78, 5) is 15.0. The molecule has 2 aromatic carbocycles. The van der Waals surface area contributed by atoms with E-state index in [0.29, 0.717) is 12.5 Å². The van der Waals surface area contributed by atoms with E-state index in [1.165, 1.54) is 0 Å². The first kappa shape index (κ1) is 19.9. The quantitative estimate of drug-likeness (QED) is 0.725. The van der Waals surface area contributed by atoms with Gasteiger partial charge in [0.1, 0.15) is 6.54 Å². The van der Waals surface area contributed by atoms with E-state index in [2.05, 4.69) is 0 Å². The van der Waals surface area contributed by atoms with Crippen molar-refractivity contribution in [3.63, 3.8) is 0 Å². The van der Waals surface area contributed by atoms with Crippen LogP contribution in [0.2, 0.25) is 0 Å². The predicted octanol–water partition coefficient (Wildman–Crippen LogP) is 3.82. The molecule has 0 unspecified atom stereocenters. The van der Waals surface area contributed by atoms with Crippen molar-refractivity contribution in [2.75, 3.05) is 37.7 Å². The number of aliphatic hydroxyl groups is 1. The Bertz CT molecular complexity index is 788. The van der Waals surface area contributed by atoms with Gasteiger partial charge in [0.15, 0.2) is 6.10 Å². The molecule has 3 saturated heterocycles. The first-order chi connectivity index (χ1) is 14.2. The average molecular weight is 396 g/mol. The van der Waals surface area contributed by atoms with Crippen LogP contribution in [0.15, 0.2) is 60.7 Å². The highest BCUT2D eigenvalue weighted by Crippen LogP contribution is 2.36. The molecule has 5 nitrogen and oxygen atoms in total. The zero-order valence-corrected chi connectivity index (χ0v) is 17.0. The van der Waals surface area contributed by atoms with E-state index >= 15 is 0 Å². The number of piperidine rings is 3. The van der Waals surface area contributed by atoms with Gasteiger partial charge in [-0.05, 0) is 17.7 Å². The van der Waals surface area contributed by atoms with Gasteiger partial charge in [-0.2, -0.15) is 0 Å². The number of amides is 1. The maximum Gasteiger partial charge on any atom is 0.415 e. The van der Waals surface area contributed by atoms with E-state index in [9.17, 15) is 9.90 Å². The van der Waals surface area contributed by atoms with Gasteiger partial charge >= 0.3 is 6.09 Å². The molecule has 5 heteroatoms. The summed E-state index contributed by atoms with van der Waals surface area (Å²) in [5.74, 6) is 0.461. The Morgan fingerprint density at radius 3 is 2.34 bits per heavy atom. The van der Waals surface area contributed by atoms with Crippen LogP contribution in [0, 0.1) is 5.92 Å². The van der Waals surface area contributed by atoms with E-state index in [1.54, 1.807) is 4.90 Å². The molecular formula is C24H31N2O3+. The Balaban J connectivity index is 1.49.